The van der Waals surface area contributed by atoms with Crippen LogP contribution in [-0.4, -0.2) is 14.2 Å². The van der Waals surface area contributed by atoms with Crippen molar-refractivity contribution >= 4 is 12.2 Å². The highest BCUT2D eigenvalue weighted by Gasteiger charge is 2.13. The first-order valence-corrected chi connectivity index (χ1v) is 8.46. The molecule has 0 fully saturated rings. The van der Waals surface area contributed by atoms with Gasteiger partial charge in [-0.15, -0.1) is 0 Å². The van der Waals surface area contributed by atoms with Gasteiger partial charge in [0.1, 0.15) is 6.61 Å². The third-order valence-corrected chi connectivity index (χ3v) is 3.98. The standard InChI is InChI=1S/C23H22O3/c1-24-21-15-20(14-13-18-9-5-3-6-10-18)16-22(25-2)23(21)26-17-19-11-7-4-8-12-19/h3-16H,17H2,1-2H3/b14-13+. The molecule has 0 atom stereocenters. The SMILES string of the molecule is COc1cc(/C=C/c2ccccc2)cc(OC)c1OCc1ccccc1. The molecule has 3 nitrogen and oxygen atoms in total. The number of methoxy groups -OCH3 is 2. The number of hydrogen-bond donors (Lipinski definition) is 0. The maximum absolute atomic E-state index is 5.98. The van der Waals surface area contributed by atoms with Gasteiger partial charge in [-0.3, -0.25) is 0 Å². The van der Waals surface area contributed by atoms with Gasteiger partial charge in [0.25, 0.3) is 0 Å². The molecule has 0 aliphatic rings. The summed E-state index contributed by atoms with van der Waals surface area (Å²) in [7, 11) is 3.27. The van der Waals surface area contributed by atoms with Gasteiger partial charge in [-0.2, -0.15) is 0 Å². The van der Waals surface area contributed by atoms with Crippen LogP contribution in [0.25, 0.3) is 12.2 Å². The first kappa shape index (κ1) is 17.6. The van der Waals surface area contributed by atoms with E-state index < -0.39 is 0 Å². The lowest BCUT2D eigenvalue weighted by molar-refractivity contribution is 0.266. The molecule has 0 amide bonds. The van der Waals surface area contributed by atoms with E-state index in [0.29, 0.717) is 23.9 Å². The summed E-state index contributed by atoms with van der Waals surface area (Å²) in [5.41, 5.74) is 3.20. The maximum atomic E-state index is 5.98. The van der Waals surface area contributed by atoms with E-state index in [4.69, 9.17) is 14.2 Å². The Morgan fingerprint density at radius 2 is 1.23 bits per heavy atom. The molecule has 3 heteroatoms. The van der Waals surface area contributed by atoms with E-state index in [1.165, 1.54) is 0 Å². The average molecular weight is 346 g/mol. The lowest BCUT2D eigenvalue weighted by Gasteiger charge is -2.15. The van der Waals surface area contributed by atoms with Crippen molar-refractivity contribution in [1.82, 2.24) is 0 Å². The minimum Gasteiger partial charge on any atom is -0.493 e. The summed E-state index contributed by atoms with van der Waals surface area (Å²) in [6, 6.07) is 24.1. The van der Waals surface area contributed by atoms with Gasteiger partial charge in [0.15, 0.2) is 11.5 Å². The predicted molar refractivity (Wildman–Crippen MR) is 106 cm³/mol. The van der Waals surface area contributed by atoms with Crippen LogP contribution in [0.15, 0.2) is 72.8 Å². The van der Waals surface area contributed by atoms with Crippen molar-refractivity contribution in [2.24, 2.45) is 0 Å². The number of benzene rings is 3. The van der Waals surface area contributed by atoms with Crippen LogP contribution in [0.1, 0.15) is 16.7 Å². The molecule has 0 unspecified atom stereocenters. The van der Waals surface area contributed by atoms with Crippen LogP contribution in [0.3, 0.4) is 0 Å². The molecule has 0 aromatic heterocycles. The molecule has 0 radical (unpaired) electrons. The van der Waals surface area contributed by atoms with E-state index in [1.807, 2.05) is 66.7 Å². The van der Waals surface area contributed by atoms with E-state index in [1.54, 1.807) is 14.2 Å². The largest absolute Gasteiger partial charge is 0.493 e. The smallest absolute Gasteiger partial charge is 0.203 e. The fraction of sp³-hybridized carbons (Fsp3) is 0.130. The number of rotatable bonds is 7. The summed E-state index contributed by atoms with van der Waals surface area (Å²) < 4.78 is 17.0. The van der Waals surface area contributed by atoms with Crippen molar-refractivity contribution in [1.29, 1.82) is 0 Å². The maximum Gasteiger partial charge on any atom is 0.203 e. The van der Waals surface area contributed by atoms with E-state index in [-0.39, 0.29) is 0 Å². The van der Waals surface area contributed by atoms with Crippen LogP contribution in [0.4, 0.5) is 0 Å². The van der Waals surface area contributed by atoms with Crippen molar-refractivity contribution in [3.63, 3.8) is 0 Å². The van der Waals surface area contributed by atoms with Crippen LogP contribution in [0.5, 0.6) is 17.2 Å². The van der Waals surface area contributed by atoms with Crippen LogP contribution < -0.4 is 14.2 Å². The Labute approximate surface area is 154 Å². The van der Waals surface area contributed by atoms with Crippen molar-refractivity contribution in [3.05, 3.63) is 89.5 Å². The Balaban J connectivity index is 1.84. The summed E-state index contributed by atoms with van der Waals surface area (Å²) >= 11 is 0. The second-order valence-corrected chi connectivity index (χ2v) is 5.77. The van der Waals surface area contributed by atoms with Crippen molar-refractivity contribution in [2.75, 3.05) is 14.2 Å². The summed E-state index contributed by atoms with van der Waals surface area (Å²) in [5, 5.41) is 0. The van der Waals surface area contributed by atoms with Gasteiger partial charge in [0, 0.05) is 0 Å². The summed E-state index contributed by atoms with van der Waals surface area (Å²) in [6.07, 6.45) is 4.08. The molecule has 132 valence electrons. The zero-order chi connectivity index (χ0) is 18.2. The van der Waals surface area contributed by atoms with Crippen molar-refractivity contribution in [2.45, 2.75) is 6.61 Å². The van der Waals surface area contributed by atoms with E-state index in [2.05, 4.69) is 18.2 Å². The topological polar surface area (TPSA) is 27.7 Å². The fourth-order valence-electron chi connectivity index (χ4n) is 2.63. The summed E-state index contributed by atoms with van der Waals surface area (Å²) in [6.45, 7) is 0.451. The Kier molecular flexibility index (Phi) is 5.94. The Morgan fingerprint density at radius 1 is 0.692 bits per heavy atom. The summed E-state index contributed by atoms with van der Waals surface area (Å²) in [4.78, 5) is 0. The van der Waals surface area contributed by atoms with E-state index in [9.17, 15) is 0 Å². The van der Waals surface area contributed by atoms with Crippen LogP contribution in [-0.2, 0) is 6.61 Å². The monoisotopic (exact) mass is 346 g/mol. The van der Waals surface area contributed by atoms with Crippen LogP contribution in [0, 0.1) is 0 Å². The van der Waals surface area contributed by atoms with Crippen molar-refractivity contribution in [3.8, 4) is 17.2 Å². The zero-order valence-electron chi connectivity index (χ0n) is 15.0. The van der Waals surface area contributed by atoms with Gasteiger partial charge in [-0.05, 0) is 28.8 Å². The second kappa shape index (κ2) is 8.77. The third-order valence-electron chi connectivity index (χ3n) is 3.98. The first-order chi connectivity index (χ1) is 12.8. The van der Waals surface area contributed by atoms with Gasteiger partial charge in [-0.25, -0.2) is 0 Å². The molecule has 0 N–H and O–H groups in total. The minimum absolute atomic E-state index is 0.451. The minimum atomic E-state index is 0.451. The fourth-order valence-corrected chi connectivity index (χ4v) is 2.63. The highest BCUT2D eigenvalue weighted by atomic mass is 16.5. The lowest BCUT2D eigenvalue weighted by atomic mass is 10.1. The molecule has 26 heavy (non-hydrogen) atoms. The normalized spacial score (nSPS) is 10.7. The number of ether oxygens (including phenoxy) is 3. The van der Waals surface area contributed by atoms with E-state index in [0.717, 1.165) is 16.7 Å². The lowest BCUT2D eigenvalue weighted by Crippen LogP contribution is -2.00. The molecular formula is C23H22O3. The molecule has 0 aliphatic carbocycles. The first-order valence-electron chi connectivity index (χ1n) is 8.46. The zero-order valence-corrected chi connectivity index (χ0v) is 15.0. The number of hydrogen-bond acceptors (Lipinski definition) is 3. The van der Waals surface area contributed by atoms with Gasteiger partial charge in [0.05, 0.1) is 14.2 Å². The predicted octanol–water partition coefficient (Wildman–Crippen LogP) is 5.45. The molecular weight excluding hydrogens is 324 g/mol. The summed E-state index contributed by atoms with van der Waals surface area (Å²) in [5.74, 6) is 1.90. The molecule has 3 aromatic rings. The van der Waals surface area contributed by atoms with Gasteiger partial charge < -0.3 is 14.2 Å². The highest BCUT2D eigenvalue weighted by molar-refractivity contribution is 5.72. The Bertz CT molecular complexity index is 830. The van der Waals surface area contributed by atoms with Crippen LogP contribution >= 0.6 is 0 Å². The van der Waals surface area contributed by atoms with Gasteiger partial charge >= 0.3 is 0 Å². The second-order valence-electron chi connectivity index (χ2n) is 5.77. The van der Waals surface area contributed by atoms with Gasteiger partial charge in [0.2, 0.25) is 5.75 Å². The van der Waals surface area contributed by atoms with Gasteiger partial charge in [-0.1, -0.05) is 72.8 Å². The Morgan fingerprint density at radius 3 is 1.81 bits per heavy atom. The Hall–Kier alpha value is -3.20. The molecule has 0 aliphatic heterocycles. The van der Waals surface area contributed by atoms with Crippen LogP contribution in [0.2, 0.25) is 0 Å². The molecule has 0 spiro atoms. The molecule has 3 aromatic carbocycles. The molecule has 0 heterocycles. The highest BCUT2D eigenvalue weighted by Crippen LogP contribution is 2.39. The molecule has 0 bridgehead atoms. The van der Waals surface area contributed by atoms with Crippen molar-refractivity contribution < 1.29 is 14.2 Å². The molecule has 0 saturated carbocycles. The average Bonchev–Trinajstić information content (AvgIpc) is 2.72. The third kappa shape index (κ3) is 4.45. The van der Waals surface area contributed by atoms with E-state index >= 15 is 0 Å². The molecule has 3 rings (SSSR count). The molecule has 0 saturated heterocycles. The quantitative estimate of drug-likeness (QED) is 0.532.